The molecule has 1 fully saturated rings. The van der Waals surface area contributed by atoms with Crippen molar-refractivity contribution in [3.8, 4) is 11.5 Å². The lowest BCUT2D eigenvalue weighted by molar-refractivity contribution is 0.577. The smallest absolute Gasteiger partial charge is 0.166 e. The molecule has 2 heterocycles. The fourth-order valence-electron chi connectivity index (χ4n) is 2.16. The number of aromatic nitrogens is 2. The molecule has 0 radical (unpaired) electrons. The summed E-state index contributed by atoms with van der Waals surface area (Å²) in [5.74, 6) is 3.17. The number of hydrogen-bond acceptors (Lipinski definition) is 4. The van der Waals surface area contributed by atoms with Gasteiger partial charge in [0.05, 0.1) is 10.7 Å². The first-order chi connectivity index (χ1) is 9.70. The average molecular weight is 336 g/mol. The summed E-state index contributed by atoms with van der Waals surface area (Å²) in [6.07, 6.45) is 5.13. The SMILES string of the molecule is CCCNc1nc(C2CC2)nc(-c2occc2Br)c1C. The van der Waals surface area contributed by atoms with E-state index in [9.17, 15) is 0 Å². The Morgan fingerprint density at radius 2 is 2.20 bits per heavy atom. The Labute approximate surface area is 127 Å². The van der Waals surface area contributed by atoms with Crippen LogP contribution in [0.1, 0.15) is 43.5 Å². The first-order valence-corrected chi connectivity index (χ1v) is 7.85. The first-order valence-electron chi connectivity index (χ1n) is 7.06. The third-order valence-electron chi connectivity index (χ3n) is 3.48. The van der Waals surface area contributed by atoms with E-state index in [1.54, 1.807) is 6.26 Å². The lowest BCUT2D eigenvalue weighted by atomic mass is 10.1. The number of halogens is 1. The van der Waals surface area contributed by atoms with Gasteiger partial charge in [0.25, 0.3) is 0 Å². The quantitative estimate of drug-likeness (QED) is 0.873. The van der Waals surface area contributed by atoms with Gasteiger partial charge in [-0.1, -0.05) is 6.92 Å². The lowest BCUT2D eigenvalue weighted by Crippen LogP contribution is -2.08. The zero-order valence-corrected chi connectivity index (χ0v) is 13.3. The molecule has 0 saturated heterocycles. The predicted molar refractivity (Wildman–Crippen MR) is 82.9 cm³/mol. The molecule has 1 N–H and O–H groups in total. The molecule has 5 heteroatoms. The van der Waals surface area contributed by atoms with E-state index < -0.39 is 0 Å². The van der Waals surface area contributed by atoms with E-state index in [1.165, 1.54) is 12.8 Å². The van der Waals surface area contributed by atoms with Crippen LogP contribution in [-0.2, 0) is 0 Å². The van der Waals surface area contributed by atoms with Crippen molar-refractivity contribution in [2.45, 2.75) is 39.0 Å². The van der Waals surface area contributed by atoms with E-state index in [0.29, 0.717) is 5.92 Å². The fraction of sp³-hybridized carbons (Fsp3) is 0.467. The summed E-state index contributed by atoms with van der Waals surface area (Å²) in [6.45, 7) is 5.11. The van der Waals surface area contributed by atoms with Gasteiger partial charge in [-0.2, -0.15) is 0 Å². The Hall–Kier alpha value is -1.36. The summed E-state index contributed by atoms with van der Waals surface area (Å²) in [4.78, 5) is 9.42. The van der Waals surface area contributed by atoms with Crippen molar-refractivity contribution in [2.75, 3.05) is 11.9 Å². The molecule has 4 nitrogen and oxygen atoms in total. The number of furan rings is 1. The molecule has 1 aliphatic carbocycles. The van der Waals surface area contributed by atoms with Crippen LogP contribution >= 0.6 is 15.9 Å². The second-order valence-corrected chi connectivity index (χ2v) is 6.06. The molecule has 2 aromatic rings. The van der Waals surface area contributed by atoms with Crippen molar-refractivity contribution in [1.29, 1.82) is 0 Å². The molecule has 106 valence electrons. The van der Waals surface area contributed by atoms with Gasteiger partial charge in [-0.05, 0) is 48.2 Å². The molecule has 1 saturated carbocycles. The highest BCUT2D eigenvalue weighted by molar-refractivity contribution is 9.10. The van der Waals surface area contributed by atoms with E-state index in [0.717, 1.165) is 46.1 Å². The highest BCUT2D eigenvalue weighted by Crippen LogP contribution is 2.41. The van der Waals surface area contributed by atoms with Crippen LogP contribution in [0.2, 0.25) is 0 Å². The highest BCUT2D eigenvalue weighted by Gasteiger charge is 2.29. The number of hydrogen-bond donors (Lipinski definition) is 1. The number of anilines is 1. The van der Waals surface area contributed by atoms with Gasteiger partial charge in [-0.3, -0.25) is 0 Å². The molecule has 0 aliphatic heterocycles. The van der Waals surface area contributed by atoms with Crippen LogP contribution in [0.25, 0.3) is 11.5 Å². The molecule has 0 spiro atoms. The molecule has 0 atom stereocenters. The van der Waals surface area contributed by atoms with Gasteiger partial charge in [0.1, 0.15) is 17.3 Å². The first kappa shape index (κ1) is 13.6. The monoisotopic (exact) mass is 335 g/mol. The van der Waals surface area contributed by atoms with Crippen molar-refractivity contribution in [2.24, 2.45) is 0 Å². The van der Waals surface area contributed by atoms with Gasteiger partial charge in [-0.25, -0.2) is 9.97 Å². The molecule has 0 amide bonds. The molecule has 2 aromatic heterocycles. The summed E-state index contributed by atoms with van der Waals surface area (Å²) < 4.78 is 6.51. The number of nitrogens with zero attached hydrogens (tertiary/aromatic N) is 2. The van der Waals surface area contributed by atoms with E-state index in [2.05, 4.69) is 28.2 Å². The molecule has 0 unspecified atom stereocenters. The van der Waals surface area contributed by atoms with Crippen molar-refractivity contribution in [1.82, 2.24) is 9.97 Å². The van der Waals surface area contributed by atoms with Gasteiger partial charge in [0.2, 0.25) is 0 Å². The van der Waals surface area contributed by atoms with E-state index in [-0.39, 0.29) is 0 Å². The minimum atomic E-state index is 0.519. The van der Waals surface area contributed by atoms with Gasteiger partial charge in [0, 0.05) is 18.0 Å². The van der Waals surface area contributed by atoms with Crippen LogP contribution in [0.5, 0.6) is 0 Å². The average Bonchev–Trinajstić information content (AvgIpc) is 3.20. The van der Waals surface area contributed by atoms with Gasteiger partial charge < -0.3 is 9.73 Å². The third kappa shape index (κ3) is 2.59. The maximum Gasteiger partial charge on any atom is 0.166 e. The fourth-order valence-corrected chi connectivity index (χ4v) is 2.55. The molecule has 3 rings (SSSR count). The maximum atomic E-state index is 5.58. The summed E-state index contributed by atoms with van der Waals surface area (Å²) in [5, 5.41) is 3.40. The van der Waals surface area contributed by atoms with Crippen LogP contribution in [0, 0.1) is 6.92 Å². The second-order valence-electron chi connectivity index (χ2n) is 5.20. The molecular weight excluding hydrogens is 318 g/mol. The molecule has 0 bridgehead atoms. The molecule has 20 heavy (non-hydrogen) atoms. The Balaban J connectivity index is 2.07. The topological polar surface area (TPSA) is 51.0 Å². The van der Waals surface area contributed by atoms with Gasteiger partial charge in [-0.15, -0.1) is 0 Å². The lowest BCUT2D eigenvalue weighted by Gasteiger charge is -2.12. The second kappa shape index (κ2) is 5.56. The van der Waals surface area contributed by atoms with Crippen molar-refractivity contribution in [3.63, 3.8) is 0 Å². The Kier molecular flexibility index (Phi) is 3.78. The maximum absolute atomic E-state index is 5.58. The molecule has 1 aliphatic rings. The van der Waals surface area contributed by atoms with Crippen molar-refractivity contribution in [3.05, 3.63) is 28.2 Å². The standard InChI is InChI=1S/C15H18BrN3O/c1-3-7-17-14-9(2)12(13-11(16)6-8-20-13)18-15(19-14)10-4-5-10/h6,8,10H,3-5,7H2,1-2H3,(H,17,18,19). The highest BCUT2D eigenvalue weighted by atomic mass is 79.9. The van der Waals surface area contributed by atoms with Crippen LogP contribution in [-0.4, -0.2) is 16.5 Å². The Morgan fingerprint density at radius 3 is 2.80 bits per heavy atom. The molecular formula is C15H18BrN3O. The summed E-state index contributed by atoms with van der Waals surface area (Å²) in [6, 6.07) is 1.90. The van der Waals surface area contributed by atoms with Gasteiger partial charge >= 0.3 is 0 Å². The minimum Gasteiger partial charge on any atom is -0.461 e. The van der Waals surface area contributed by atoms with E-state index in [4.69, 9.17) is 14.4 Å². The van der Waals surface area contributed by atoms with Crippen LogP contribution in [0.3, 0.4) is 0 Å². The zero-order chi connectivity index (χ0) is 14.1. The normalized spacial score (nSPS) is 14.6. The zero-order valence-electron chi connectivity index (χ0n) is 11.7. The summed E-state index contributed by atoms with van der Waals surface area (Å²) >= 11 is 3.52. The Morgan fingerprint density at radius 1 is 1.40 bits per heavy atom. The van der Waals surface area contributed by atoms with Crippen molar-refractivity contribution < 1.29 is 4.42 Å². The van der Waals surface area contributed by atoms with E-state index in [1.807, 2.05) is 13.0 Å². The number of nitrogens with one attached hydrogen (secondary N) is 1. The van der Waals surface area contributed by atoms with Crippen molar-refractivity contribution >= 4 is 21.7 Å². The summed E-state index contributed by atoms with van der Waals surface area (Å²) in [7, 11) is 0. The minimum absolute atomic E-state index is 0.519. The van der Waals surface area contributed by atoms with E-state index >= 15 is 0 Å². The third-order valence-corrected chi connectivity index (χ3v) is 4.10. The van der Waals surface area contributed by atoms with Crippen LogP contribution in [0.15, 0.2) is 21.2 Å². The molecule has 0 aromatic carbocycles. The predicted octanol–water partition coefficient (Wildman–Crippen LogP) is 4.51. The summed E-state index contributed by atoms with van der Waals surface area (Å²) in [5.41, 5.74) is 1.93. The van der Waals surface area contributed by atoms with Gasteiger partial charge in [0.15, 0.2) is 5.76 Å². The van der Waals surface area contributed by atoms with Crippen LogP contribution < -0.4 is 5.32 Å². The van der Waals surface area contributed by atoms with Crippen LogP contribution in [0.4, 0.5) is 5.82 Å². The largest absolute Gasteiger partial charge is 0.461 e. The Bertz CT molecular complexity index is 620. The number of rotatable bonds is 5.